The first-order chi connectivity index (χ1) is 12.0. The summed E-state index contributed by atoms with van der Waals surface area (Å²) in [5.41, 5.74) is 2.00. The lowest BCUT2D eigenvalue weighted by molar-refractivity contribution is -0.253. The highest BCUT2D eigenvalue weighted by atomic mass is 19.1. The average molecular weight is 351 g/mol. The van der Waals surface area contributed by atoms with Crippen molar-refractivity contribution in [3.8, 4) is 0 Å². The second-order valence-electron chi connectivity index (χ2n) is 9.38. The molecule has 4 fully saturated rings. The third-order valence-corrected chi connectivity index (χ3v) is 8.90. The van der Waals surface area contributed by atoms with Gasteiger partial charge in [-0.3, -0.25) is 0 Å². The van der Waals surface area contributed by atoms with Crippen LogP contribution in [-0.2, 0) is 9.47 Å². The molecular formula is C22H35FO2. The van der Waals surface area contributed by atoms with Crippen LogP contribution in [-0.4, -0.2) is 26.2 Å². The number of halogens is 1. The summed E-state index contributed by atoms with van der Waals surface area (Å²) in [6.45, 7) is 4.66. The predicted octanol–water partition coefficient (Wildman–Crippen LogP) is 5.52. The topological polar surface area (TPSA) is 18.5 Å². The molecular weight excluding hydrogens is 315 g/mol. The van der Waals surface area contributed by atoms with Crippen LogP contribution in [0.1, 0.15) is 65.2 Å². The summed E-state index contributed by atoms with van der Waals surface area (Å²) in [7, 11) is 3.43. The number of methoxy groups -OCH3 is 2. The Balaban J connectivity index is 1.59. The van der Waals surface area contributed by atoms with Crippen molar-refractivity contribution < 1.29 is 13.9 Å². The molecule has 2 nitrogen and oxygen atoms in total. The molecule has 0 aromatic carbocycles. The zero-order chi connectivity index (χ0) is 17.8. The summed E-state index contributed by atoms with van der Waals surface area (Å²) < 4.78 is 26.7. The van der Waals surface area contributed by atoms with E-state index in [4.69, 9.17) is 9.47 Å². The van der Waals surface area contributed by atoms with E-state index in [9.17, 15) is 0 Å². The van der Waals surface area contributed by atoms with E-state index < -0.39 is 12.0 Å². The van der Waals surface area contributed by atoms with Gasteiger partial charge in [0, 0.05) is 27.1 Å². The zero-order valence-electron chi connectivity index (χ0n) is 16.4. The van der Waals surface area contributed by atoms with Crippen LogP contribution in [0.25, 0.3) is 0 Å². The Kier molecular flexibility index (Phi) is 4.56. The van der Waals surface area contributed by atoms with Crippen molar-refractivity contribution in [1.29, 1.82) is 0 Å². The molecule has 0 spiro atoms. The summed E-state index contributed by atoms with van der Waals surface area (Å²) in [5.74, 6) is 2.12. The molecule has 0 N–H and O–H groups in total. The highest BCUT2D eigenvalue weighted by Crippen LogP contribution is 2.64. The molecule has 4 aliphatic carbocycles. The summed E-state index contributed by atoms with van der Waals surface area (Å²) in [6.07, 6.45) is 10.3. The lowest BCUT2D eigenvalue weighted by Gasteiger charge is -2.57. The first kappa shape index (κ1) is 18.0. The minimum Gasteiger partial charge on any atom is -0.353 e. The molecule has 4 rings (SSSR count). The van der Waals surface area contributed by atoms with E-state index in [2.05, 4.69) is 19.9 Å². The Morgan fingerprint density at radius 1 is 1.00 bits per heavy atom. The second-order valence-corrected chi connectivity index (χ2v) is 9.38. The smallest absolute Gasteiger partial charge is 0.167 e. The zero-order valence-corrected chi connectivity index (χ0v) is 16.4. The molecule has 7 atom stereocenters. The summed E-state index contributed by atoms with van der Waals surface area (Å²) in [4.78, 5) is 0. The second kappa shape index (κ2) is 6.34. The van der Waals surface area contributed by atoms with Crippen LogP contribution in [0, 0.1) is 35.0 Å². The molecule has 4 aliphatic rings. The molecule has 0 aromatic heterocycles. The van der Waals surface area contributed by atoms with Gasteiger partial charge in [0.05, 0.1) is 0 Å². The van der Waals surface area contributed by atoms with Crippen molar-refractivity contribution in [3.63, 3.8) is 0 Å². The van der Waals surface area contributed by atoms with E-state index in [-0.39, 0.29) is 5.92 Å². The number of allylic oxidation sites excluding steroid dienone is 2. The molecule has 0 unspecified atom stereocenters. The van der Waals surface area contributed by atoms with E-state index in [0.29, 0.717) is 23.2 Å². The van der Waals surface area contributed by atoms with E-state index in [1.54, 1.807) is 19.8 Å². The van der Waals surface area contributed by atoms with Crippen LogP contribution in [0.15, 0.2) is 11.6 Å². The average Bonchev–Trinajstić information content (AvgIpc) is 2.98. The Morgan fingerprint density at radius 3 is 2.36 bits per heavy atom. The van der Waals surface area contributed by atoms with Crippen molar-refractivity contribution in [2.75, 3.05) is 14.2 Å². The molecule has 4 saturated carbocycles. The molecule has 25 heavy (non-hydrogen) atoms. The lowest BCUT2D eigenvalue weighted by atomic mass is 9.49. The molecule has 0 radical (unpaired) electrons. The number of rotatable bonds is 2. The van der Waals surface area contributed by atoms with E-state index in [0.717, 1.165) is 31.6 Å². The SMILES string of the molecule is CC=C1CC[C@H]2[C@@H]3C[C@@H](F)[C@H]4CC(OC)(OC)CC[C@@H]4[C@H]3CC[C@]12C. The van der Waals surface area contributed by atoms with Crippen LogP contribution < -0.4 is 0 Å². The van der Waals surface area contributed by atoms with E-state index >= 15 is 4.39 Å². The molecule has 0 bridgehead atoms. The fraction of sp³-hybridized carbons (Fsp3) is 0.909. The predicted molar refractivity (Wildman–Crippen MR) is 97.9 cm³/mol. The summed E-state index contributed by atoms with van der Waals surface area (Å²) >= 11 is 0. The van der Waals surface area contributed by atoms with Gasteiger partial charge in [0.25, 0.3) is 0 Å². The van der Waals surface area contributed by atoms with Crippen molar-refractivity contribution in [3.05, 3.63) is 11.6 Å². The molecule has 0 heterocycles. The maximum atomic E-state index is 15.3. The number of fused-ring (bicyclic) bond motifs is 5. The van der Waals surface area contributed by atoms with Gasteiger partial charge in [0.1, 0.15) is 6.17 Å². The van der Waals surface area contributed by atoms with Crippen LogP contribution in [0.3, 0.4) is 0 Å². The van der Waals surface area contributed by atoms with Crippen molar-refractivity contribution in [2.24, 2.45) is 35.0 Å². The van der Waals surface area contributed by atoms with Gasteiger partial charge in [-0.15, -0.1) is 0 Å². The number of alkyl halides is 1. The quantitative estimate of drug-likeness (QED) is 0.482. The maximum Gasteiger partial charge on any atom is 0.167 e. The first-order valence-electron chi connectivity index (χ1n) is 10.4. The third-order valence-electron chi connectivity index (χ3n) is 8.90. The number of ether oxygens (including phenoxy) is 2. The fourth-order valence-electron chi connectivity index (χ4n) is 7.54. The van der Waals surface area contributed by atoms with Gasteiger partial charge in [-0.2, -0.15) is 0 Å². The van der Waals surface area contributed by atoms with Crippen LogP contribution in [0.4, 0.5) is 4.39 Å². The molecule has 3 heteroatoms. The first-order valence-corrected chi connectivity index (χ1v) is 10.4. The Morgan fingerprint density at radius 2 is 1.68 bits per heavy atom. The normalized spacial score (nSPS) is 50.2. The number of hydrogen-bond acceptors (Lipinski definition) is 2. The van der Waals surface area contributed by atoms with Gasteiger partial charge in [0.15, 0.2) is 5.79 Å². The Hall–Kier alpha value is -0.410. The molecule has 0 aliphatic heterocycles. The number of hydrogen-bond donors (Lipinski definition) is 0. The molecule has 0 amide bonds. The maximum absolute atomic E-state index is 15.3. The lowest BCUT2D eigenvalue weighted by Crippen LogP contribution is -2.54. The van der Waals surface area contributed by atoms with Crippen molar-refractivity contribution >= 4 is 0 Å². The minimum absolute atomic E-state index is 0.127. The summed E-state index contributed by atoms with van der Waals surface area (Å²) in [5, 5.41) is 0. The van der Waals surface area contributed by atoms with Gasteiger partial charge >= 0.3 is 0 Å². The monoisotopic (exact) mass is 350 g/mol. The summed E-state index contributed by atoms with van der Waals surface area (Å²) in [6, 6.07) is 0. The van der Waals surface area contributed by atoms with Gasteiger partial charge in [-0.1, -0.05) is 18.6 Å². The highest BCUT2D eigenvalue weighted by molar-refractivity contribution is 5.23. The van der Waals surface area contributed by atoms with E-state index in [1.807, 2.05) is 0 Å². The van der Waals surface area contributed by atoms with Gasteiger partial charge in [-0.25, -0.2) is 4.39 Å². The van der Waals surface area contributed by atoms with Crippen molar-refractivity contribution in [2.45, 2.75) is 77.2 Å². The molecule has 0 saturated heterocycles. The standard InChI is InChI=1S/C22H35FO2/c1-5-14-6-7-19-17-12-20(23)18-13-22(24-3,25-4)11-9-16(18)15(17)8-10-21(14,19)2/h5,15-20H,6-13H2,1-4H3/t15-,16-,17-,18+,19+,20-,21-/m1/s1. The Bertz CT molecular complexity index is 540. The van der Waals surface area contributed by atoms with Crippen LogP contribution >= 0.6 is 0 Å². The van der Waals surface area contributed by atoms with Gasteiger partial charge in [-0.05, 0) is 80.5 Å². The fourth-order valence-corrected chi connectivity index (χ4v) is 7.54. The van der Waals surface area contributed by atoms with Crippen LogP contribution in [0.2, 0.25) is 0 Å². The third kappa shape index (κ3) is 2.56. The minimum atomic E-state index is -0.687. The van der Waals surface area contributed by atoms with Crippen LogP contribution in [0.5, 0.6) is 0 Å². The molecule has 142 valence electrons. The Labute approximate surface area is 152 Å². The highest BCUT2D eigenvalue weighted by Gasteiger charge is 2.58. The van der Waals surface area contributed by atoms with Crippen molar-refractivity contribution in [1.82, 2.24) is 0 Å². The van der Waals surface area contributed by atoms with E-state index in [1.165, 1.54) is 25.7 Å². The van der Waals surface area contributed by atoms with Gasteiger partial charge in [0.2, 0.25) is 0 Å². The largest absolute Gasteiger partial charge is 0.353 e. The molecule has 0 aromatic rings. The van der Waals surface area contributed by atoms with Gasteiger partial charge < -0.3 is 9.47 Å².